The lowest BCUT2D eigenvalue weighted by Crippen LogP contribution is -2.35. The minimum Gasteiger partial charge on any atom is -0.465 e. The number of fused-ring (bicyclic) bond motifs is 1. The molecule has 1 aliphatic rings. The van der Waals surface area contributed by atoms with Crippen molar-refractivity contribution < 1.29 is 9.53 Å². The number of hydrogen-bond donors (Lipinski definition) is 1. The fourth-order valence-electron chi connectivity index (χ4n) is 3.95. The molecule has 0 aliphatic heterocycles. The van der Waals surface area contributed by atoms with E-state index in [9.17, 15) is 4.79 Å². The molecule has 4 rings (SSSR count). The molecule has 24 heavy (non-hydrogen) atoms. The number of para-hydroxylation sites is 1. The molecular weight excluding hydrogens is 298 g/mol. The predicted octanol–water partition coefficient (Wildman–Crippen LogP) is 4.73. The van der Waals surface area contributed by atoms with Gasteiger partial charge in [-0.15, -0.1) is 0 Å². The first-order chi connectivity index (χ1) is 11.7. The molecule has 0 atom stereocenters. The molecule has 1 heterocycles. The molecule has 0 amide bonds. The van der Waals surface area contributed by atoms with Crippen LogP contribution >= 0.6 is 0 Å². The molecule has 1 saturated carbocycles. The summed E-state index contributed by atoms with van der Waals surface area (Å²) in [5.74, 6) is -0.299. The summed E-state index contributed by atoms with van der Waals surface area (Å²) in [6.07, 6.45) is 5.60. The molecule has 3 heteroatoms. The summed E-state index contributed by atoms with van der Waals surface area (Å²) in [7, 11) is 1.42. The smallest absolute Gasteiger partial charge is 0.339 e. The van der Waals surface area contributed by atoms with E-state index in [0.29, 0.717) is 5.56 Å². The molecular formula is C21H21NO2. The molecule has 0 saturated heterocycles. The molecule has 0 unspecified atom stereocenters. The number of carbonyl (C=O) groups excluding carboxylic acids is 1. The average molecular weight is 319 g/mol. The van der Waals surface area contributed by atoms with Crippen LogP contribution < -0.4 is 0 Å². The lowest BCUT2D eigenvalue weighted by atomic mass is 9.60. The Morgan fingerprint density at radius 1 is 1.12 bits per heavy atom. The van der Waals surface area contributed by atoms with E-state index in [1.54, 1.807) is 0 Å². The molecule has 0 radical (unpaired) electrons. The quantitative estimate of drug-likeness (QED) is 0.709. The highest BCUT2D eigenvalue weighted by Crippen LogP contribution is 2.51. The van der Waals surface area contributed by atoms with Gasteiger partial charge in [0.05, 0.1) is 18.2 Å². The molecule has 1 aromatic heterocycles. The first-order valence-corrected chi connectivity index (χ1v) is 8.42. The van der Waals surface area contributed by atoms with Gasteiger partial charge in [-0.25, -0.2) is 4.79 Å². The number of aromatic amines is 1. The van der Waals surface area contributed by atoms with Gasteiger partial charge in [-0.1, -0.05) is 48.4 Å². The molecule has 1 fully saturated rings. The van der Waals surface area contributed by atoms with Crippen LogP contribution in [0.5, 0.6) is 0 Å². The number of rotatable bonds is 3. The highest BCUT2D eigenvalue weighted by molar-refractivity contribution is 6.04. The van der Waals surface area contributed by atoms with Crippen LogP contribution in [0.1, 0.15) is 46.3 Å². The van der Waals surface area contributed by atoms with Crippen molar-refractivity contribution in [2.75, 3.05) is 7.11 Å². The van der Waals surface area contributed by atoms with E-state index < -0.39 is 0 Å². The summed E-state index contributed by atoms with van der Waals surface area (Å²) in [6, 6.07) is 14.7. The number of hydrogen-bond acceptors (Lipinski definition) is 2. The van der Waals surface area contributed by atoms with Crippen LogP contribution in [0.25, 0.3) is 10.9 Å². The van der Waals surface area contributed by atoms with E-state index in [4.69, 9.17) is 4.74 Å². The van der Waals surface area contributed by atoms with E-state index in [1.807, 2.05) is 12.1 Å². The van der Waals surface area contributed by atoms with Crippen molar-refractivity contribution in [2.45, 2.75) is 31.6 Å². The zero-order chi connectivity index (χ0) is 16.7. The topological polar surface area (TPSA) is 42.1 Å². The van der Waals surface area contributed by atoms with Gasteiger partial charge in [0.25, 0.3) is 0 Å². The van der Waals surface area contributed by atoms with Crippen LogP contribution in [-0.4, -0.2) is 18.1 Å². The van der Waals surface area contributed by atoms with Crippen LogP contribution in [0, 0.1) is 6.92 Å². The van der Waals surface area contributed by atoms with Gasteiger partial charge in [0.15, 0.2) is 0 Å². The second kappa shape index (κ2) is 5.52. The number of H-pyrrole nitrogens is 1. The Kier molecular flexibility index (Phi) is 3.45. The van der Waals surface area contributed by atoms with E-state index in [1.165, 1.54) is 30.2 Å². The van der Waals surface area contributed by atoms with E-state index in [-0.39, 0.29) is 11.4 Å². The predicted molar refractivity (Wildman–Crippen MR) is 95.4 cm³/mol. The maximum atomic E-state index is 12.0. The van der Waals surface area contributed by atoms with E-state index >= 15 is 0 Å². The van der Waals surface area contributed by atoms with Crippen molar-refractivity contribution >= 4 is 16.9 Å². The molecule has 2 aromatic carbocycles. The summed E-state index contributed by atoms with van der Waals surface area (Å²) in [5, 5.41) is 1.12. The largest absolute Gasteiger partial charge is 0.465 e. The van der Waals surface area contributed by atoms with Crippen molar-refractivity contribution in [3.8, 4) is 0 Å². The highest BCUT2D eigenvalue weighted by atomic mass is 16.5. The number of carbonyl (C=O) groups is 1. The van der Waals surface area contributed by atoms with Crippen molar-refractivity contribution in [1.29, 1.82) is 0 Å². The van der Waals surface area contributed by atoms with Gasteiger partial charge in [0.2, 0.25) is 0 Å². The summed E-state index contributed by atoms with van der Waals surface area (Å²) < 4.78 is 4.92. The standard InChI is InChI=1S/C21H21NO2/c1-14-7-9-15(10-8-14)21(11-4-12-21)18-13-22-19-16(18)5-3-6-17(19)20(23)24-2/h3,5-10,13,22H,4,11-12H2,1-2H3. The monoisotopic (exact) mass is 319 g/mol. The summed E-state index contributed by atoms with van der Waals surface area (Å²) in [6.45, 7) is 2.12. The molecule has 1 N–H and O–H groups in total. The summed E-state index contributed by atoms with van der Waals surface area (Å²) >= 11 is 0. The van der Waals surface area contributed by atoms with Crippen LogP contribution in [-0.2, 0) is 10.2 Å². The Morgan fingerprint density at radius 2 is 1.88 bits per heavy atom. The van der Waals surface area contributed by atoms with Gasteiger partial charge in [0.1, 0.15) is 0 Å². The fourth-order valence-corrected chi connectivity index (χ4v) is 3.95. The Hall–Kier alpha value is -2.55. The number of benzene rings is 2. The first kappa shape index (κ1) is 15.0. The third kappa shape index (κ3) is 2.08. The van der Waals surface area contributed by atoms with Gasteiger partial charge in [-0.3, -0.25) is 0 Å². The Bertz CT molecular complexity index is 901. The van der Waals surface area contributed by atoms with Crippen molar-refractivity contribution in [3.63, 3.8) is 0 Å². The Labute approximate surface area is 141 Å². The van der Waals surface area contributed by atoms with Crippen LogP contribution in [0.15, 0.2) is 48.7 Å². The van der Waals surface area contributed by atoms with Gasteiger partial charge in [-0.2, -0.15) is 0 Å². The third-order valence-electron chi connectivity index (χ3n) is 5.45. The lowest BCUT2D eigenvalue weighted by molar-refractivity contribution is 0.0603. The van der Waals surface area contributed by atoms with Crippen LogP contribution in [0.4, 0.5) is 0 Å². The van der Waals surface area contributed by atoms with Gasteiger partial charge < -0.3 is 9.72 Å². The zero-order valence-electron chi connectivity index (χ0n) is 14.1. The van der Waals surface area contributed by atoms with E-state index in [0.717, 1.165) is 23.7 Å². The lowest BCUT2D eigenvalue weighted by Gasteiger charge is -2.42. The molecule has 0 bridgehead atoms. The second-order valence-electron chi connectivity index (χ2n) is 6.72. The Morgan fingerprint density at radius 3 is 2.50 bits per heavy atom. The van der Waals surface area contributed by atoms with Crippen molar-refractivity contribution in [2.24, 2.45) is 0 Å². The zero-order valence-corrected chi connectivity index (χ0v) is 14.1. The minimum absolute atomic E-state index is 0.0562. The number of aryl methyl sites for hydroxylation is 1. The maximum absolute atomic E-state index is 12.0. The number of ether oxygens (including phenoxy) is 1. The maximum Gasteiger partial charge on any atom is 0.339 e. The SMILES string of the molecule is COC(=O)c1cccc2c(C3(c4ccc(C)cc4)CCC3)c[nH]c12. The number of esters is 1. The third-order valence-corrected chi connectivity index (χ3v) is 5.45. The fraction of sp³-hybridized carbons (Fsp3) is 0.286. The van der Waals surface area contributed by atoms with E-state index in [2.05, 4.69) is 48.4 Å². The second-order valence-corrected chi connectivity index (χ2v) is 6.72. The molecule has 3 aromatic rings. The van der Waals surface area contributed by atoms with Gasteiger partial charge in [-0.05, 0) is 37.0 Å². The van der Waals surface area contributed by atoms with Crippen molar-refractivity contribution in [3.05, 3.63) is 70.9 Å². The van der Waals surface area contributed by atoms with Crippen LogP contribution in [0.2, 0.25) is 0 Å². The normalized spacial score (nSPS) is 15.9. The average Bonchev–Trinajstić information content (AvgIpc) is 2.99. The van der Waals surface area contributed by atoms with Gasteiger partial charge >= 0.3 is 5.97 Å². The summed E-state index contributed by atoms with van der Waals surface area (Å²) in [5.41, 5.74) is 5.46. The summed E-state index contributed by atoms with van der Waals surface area (Å²) in [4.78, 5) is 15.4. The molecule has 0 spiro atoms. The molecule has 3 nitrogen and oxygen atoms in total. The number of aromatic nitrogens is 1. The number of nitrogens with one attached hydrogen (secondary N) is 1. The van der Waals surface area contributed by atoms with Crippen molar-refractivity contribution in [1.82, 2.24) is 4.98 Å². The Balaban J connectivity index is 1.89. The van der Waals surface area contributed by atoms with Gasteiger partial charge in [0, 0.05) is 17.0 Å². The van der Waals surface area contributed by atoms with Crippen LogP contribution in [0.3, 0.4) is 0 Å². The highest BCUT2D eigenvalue weighted by Gasteiger charge is 2.42. The minimum atomic E-state index is -0.299. The molecule has 122 valence electrons. The molecule has 1 aliphatic carbocycles. The number of methoxy groups -OCH3 is 1. The first-order valence-electron chi connectivity index (χ1n) is 8.42.